The summed E-state index contributed by atoms with van der Waals surface area (Å²) in [6.45, 7) is 0.385. The number of aromatic nitrogens is 2. The van der Waals surface area contributed by atoms with Gasteiger partial charge in [-0.05, 0) is 29.8 Å². The Labute approximate surface area is 146 Å². The van der Waals surface area contributed by atoms with E-state index in [2.05, 4.69) is 20.6 Å². The molecule has 1 heterocycles. The minimum atomic E-state index is -4.47. The lowest BCUT2D eigenvalue weighted by Gasteiger charge is -2.14. The summed E-state index contributed by atoms with van der Waals surface area (Å²) in [5.74, 6) is 0.320. The Balaban J connectivity index is 1.73. The standard InChI is InChI=1S/C18H14F4N4/c19-13-7-5-12(6-8-13)10-23-16-9-17(25-11-24-16)26-15-4-2-1-3-14(15)18(20,21)22/h1-9,11H,10H2,(H2,23,24,25,26). The van der Waals surface area contributed by atoms with Crippen LogP contribution in [0.15, 0.2) is 60.9 Å². The number of alkyl halides is 3. The maximum atomic E-state index is 13.1. The molecule has 3 aromatic rings. The van der Waals surface area contributed by atoms with E-state index in [0.29, 0.717) is 12.4 Å². The van der Waals surface area contributed by atoms with Crippen LogP contribution in [-0.4, -0.2) is 9.97 Å². The fourth-order valence-electron chi connectivity index (χ4n) is 2.29. The zero-order valence-corrected chi connectivity index (χ0v) is 13.4. The van der Waals surface area contributed by atoms with Gasteiger partial charge in [-0.25, -0.2) is 14.4 Å². The van der Waals surface area contributed by atoms with E-state index >= 15 is 0 Å². The van der Waals surface area contributed by atoms with E-state index in [1.807, 2.05) is 0 Å². The monoisotopic (exact) mass is 362 g/mol. The van der Waals surface area contributed by atoms with Crippen molar-refractivity contribution in [2.45, 2.75) is 12.7 Å². The molecule has 2 N–H and O–H groups in total. The highest BCUT2D eigenvalue weighted by Crippen LogP contribution is 2.35. The summed E-state index contributed by atoms with van der Waals surface area (Å²) in [6, 6.07) is 12.6. The van der Waals surface area contributed by atoms with Gasteiger partial charge in [0.2, 0.25) is 0 Å². The van der Waals surface area contributed by atoms with Crippen molar-refractivity contribution in [1.29, 1.82) is 0 Å². The smallest absolute Gasteiger partial charge is 0.366 e. The van der Waals surface area contributed by atoms with Crippen molar-refractivity contribution in [2.24, 2.45) is 0 Å². The summed E-state index contributed by atoms with van der Waals surface area (Å²) in [4.78, 5) is 7.97. The zero-order valence-electron chi connectivity index (χ0n) is 13.4. The summed E-state index contributed by atoms with van der Waals surface area (Å²) in [5.41, 5.74) is -0.0374. The third-order valence-electron chi connectivity index (χ3n) is 3.55. The number of hydrogen-bond donors (Lipinski definition) is 2. The first-order chi connectivity index (χ1) is 12.4. The molecule has 0 bridgehead atoms. The minimum Gasteiger partial charge on any atom is -0.366 e. The molecule has 3 rings (SSSR count). The number of benzene rings is 2. The van der Waals surface area contributed by atoms with Crippen molar-refractivity contribution in [3.8, 4) is 0 Å². The molecule has 0 aliphatic carbocycles. The second kappa shape index (κ2) is 7.38. The lowest BCUT2D eigenvalue weighted by atomic mass is 10.1. The molecule has 1 aromatic heterocycles. The maximum Gasteiger partial charge on any atom is 0.418 e. The van der Waals surface area contributed by atoms with Crippen molar-refractivity contribution in [2.75, 3.05) is 10.6 Å². The molecule has 0 amide bonds. The van der Waals surface area contributed by atoms with Crippen LogP contribution < -0.4 is 10.6 Å². The highest BCUT2D eigenvalue weighted by Gasteiger charge is 2.33. The second-order valence-electron chi connectivity index (χ2n) is 5.44. The largest absolute Gasteiger partial charge is 0.418 e. The number of nitrogens with one attached hydrogen (secondary N) is 2. The first-order valence-electron chi connectivity index (χ1n) is 7.65. The maximum absolute atomic E-state index is 13.1. The molecule has 26 heavy (non-hydrogen) atoms. The minimum absolute atomic E-state index is 0.0943. The molecule has 0 saturated heterocycles. The van der Waals surface area contributed by atoms with Crippen LogP contribution in [0.25, 0.3) is 0 Å². The van der Waals surface area contributed by atoms with Gasteiger partial charge in [-0.1, -0.05) is 24.3 Å². The van der Waals surface area contributed by atoms with E-state index in [4.69, 9.17) is 0 Å². The van der Waals surface area contributed by atoms with Crippen LogP contribution in [0, 0.1) is 5.82 Å². The van der Waals surface area contributed by atoms with Gasteiger partial charge in [-0.3, -0.25) is 0 Å². The van der Waals surface area contributed by atoms with Crippen molar-refractivity contribution < 1.29 is 17.6 Å². The van der Waals surface area contributed by atoms with Crippen LogP contribution >= 0.6 is 0 Å². The number of rotatable bonds is 5. The van der Waals surface area contributed by atoms with E-state index in [-0.39, 0.29) is 17.3 Å². The highest BCUT2D eigenvalue weighted by molar-refractivity contribution is 5.63. The number of nitrogens with zero attached hydrogens (tertiary/aromatic N) is 2. The second-order valence-corrected chi connectivity index (χ2v) is 5.44. The van der Waals surface area contributed by atoms with Crippen LogP contribution in [-0.2, 0) is 12.7 Å². The van der Waals surface area contributed by atoms with Crippen LogP contribution in [0.2, 0.25) is 0 Å². The number of halogens is 4. The Morgan fingerprint density at radius 3 is 2.31 bits per heavy atom. The van der Waals surface area contributed by atoms with E-state index in [1.165, 1.54) is 42.7 Å². The zero-order chi connectivity index (χ0) is 18.6. The van der Waals surface area contributed by atoms with Gasteiger partial charge in [-0.2, -0.15) is 13.2 Å². The van der Waals surface area contributed by atoms with Crippen LogP contribution in [0.5, 0.6) is 0 Å². The van der Waals surface area contributed by atoms with Gasteiger partial charge in [-0.15, -0.1) is 0 Å². The van der Waals surface area contributed by atoms with E-state index in [0.717, 1.165) is 11.6 Å². The summed E-state index contributed by atoms with van der Waals surface area (Å²) in [6.07, 6.45) is -3.23. The van der Waals surface area contributed by atoms with Crippen LogP contribution in [0.4, 0.5) is 34.9 Å². The third kappa shape index (κ3) is 4.47. The fourth-order valence-corrected chi connectivity index (χ4v) is 2.29. The molecule has 0 atom stereocenters. The number of anilines is 3. The molecule has 0 radical (unpaired) electrons. The summed E-state index contributed by atoms with van der Waals surface area (Å²) >= 11 is 0. The quantitative estimate of drug-likeness (QED) is 0.628. The van der Waals surface area contributed by atoms with Gasteiger partial charge in [0.25, 0.3) is 0 Å². The average molecular weight is 362 g/mol. The Bertz CT molecular complexity index is 879. The predicted molar refractivity (Wildman–Crippen MR) is 90.5 cm³/mol. The molecule has 2 aromatic carbocycles. The Morgan fingerprint density at radius 1 is 0.885 bits per heavy atom. The SMILES string of the molecule is Fc1ccc(CNc2cc(Nc3ccccc3C(F)(F)F)ncn2)cc1. The number of para-hydroxylation sites is 1. The molecule has 134 valence electrons. The third-order valence-corrected chi connectivity index (χ3v) is 3.55. The molecular formula is C18H14F4N4. The van der Waals surface area contributed by atoms with Gasteiger partial charge in [0.1, 0.15) is 23.8 Å². The van der Waals surface area contributed by atoms with E-state index in [9.17, 15) is 17.6 Å². The molecule has 4 nitrogen and oxygen atoms in total. The Kier molecular flexibility index (Phi) is 5.01. The predicted octanol–water partition coefficient (Wildman–Crippen LogP) is 4.99. The van der Waals surface area contributed by atoms with Crippen molar-refractivity contribution in [3.05, 3.63) is 77.9 Å². The Morgan fingerprint density at radius 2 is 1.58 bits per heavy atom. The Hall–Kier alpha value is -3.16. The van der Waals surface area contributed by atoms with Crippen LogP contribution in [0.1, 0.15) is 11.1 Å². The topological polar surface area (TPSA) is 49.8 Å². The lowest BCUT2D eigenvalue weighted by molar-refractivity contribution is -0.136. The van der Waals surface area contributed by atoms with E-state index < -0.39 is 11.7 Å². The number of hydrogen-bond acceptors (Lipinski definition) is 4. The van der Waals surface area contributed by atoms with Gasteiger partial charge >= 0.3 is 6.18 Å². The average Bonchev–Trinajstić information content (AvgIpc) is 2.61. The molecular weight excluding hydrogens is 348 g/mol. The first-order valence-corrected chi connectivity index (χ1v) is 7.65. The van der Waals surface area contributed by atoms with Gasteiger partial charge in [0, 0.05) is 12.6 Å². The lowest BCUT2D eigenvalue weighted by Crippen LogP contribution is -2.09. The van der Waals surface area contributed by atoms with Crippen molar-refractivity contribution in [3.63, 3.8) is 0 Å². The fraction of sp³-hybridized carbons (Fsp3) is 0.111. The molecule has 0 unspecified atom stereocenters. The summed E-state index contributed by atoms with van der Waals surface area (Å²) < 4.78 is 52.1. The van der Waals surface area contributed by atoms with Crippen molar-refractivity contribution in [1.82, 2.24) is 9.97 Å². The van der Waals surface area contributed by atoms with Gasteiger partial charge < -0.3 is 10.6 Å². The van der Waals surface area contributed by atoms with Crippen LogP contribution in [0.3, 0.4) is 0 Å². The molecule has 0 spiro atoms. The molecule has 0 aliphatic heterocycles. The van der Waals surface area contributed by atoms with E-state index in [1.54, 1.807) is 12.1 Å². The van der Waals surface area contributed by atoms with Gasteiger partial charge in [0.15, 0.2) is 0 Å². The molecule has 0 aliphatic rings. The molecule has 8 heteroatoms. The molecule has 0 saturated carbocycles. The first kappa shape index (κ1) is 17.7. The molecule has 0 fully saturated rings. The van der Waals surface area contributed by atoms with Gasteiger partial charge in [0.05, 0.1) is 11.3 Å². The summed E-state index contributed by atoms with van der Waals surface area (Å²) in [7, 11) is 0. The van der Waals surface area contributed by atoms with Crippen molar-refractivity contribution >= 4 is 17.3 Å². The summed E-state index contributed by atoms with van der Waals surface area (Å²) in [5, 5.41) is 5.68. The highest BCUT2D eigenvalue weighted by atomic mass is 19.4. The normalized spacial score (nSPS) is 11.2.